The molecule has 0 rings (SSSR count). The minimum absolute atomic E-state index is 0.639. The quantitative estimate of drug-likeness (QED) is 0.350. The van der Waals surface area contributed by atoms with Gasteiger partial charge >= 0.3 is 0 Å². The Hall–Kier alpha value is -0.733. The third-order valence-corrected chi connectivity index (χ3v) is 1.98. The van der Waals surface area contributed by atoms with Gasteiger partial charge in [-0.25, -0.2) is 0 Å². The lowest BCUT2D eigenvalue weighted by molar-refractivity contribution is 0.894. The molecule has 0 spiro atoms. The van der Waals surface area contributed by atoms with E-state index in [1.807, 2.05) is 0 Å². The van der Waals surface area contributed by atoms with E-state index in [2.05, 4.69) is 37.2 Å². The maximum absolute atomic E-state index is 8.24. The highest BCUT2D eigenvalue weighted by atomic mass is 28.3. The Kier molecular flexibility index (Phi) is 4.66. The van der Waals surface area contributed by atoms with Crippen LogP contribution in [0.25, 0.3) is 0 Å². The Labute approximate surface area is 70.4 Å². The molecule has 0 aromatic heterocycles. The Bertz CT molecular complexity index is 196. The summed E-state index contributed by atoms with van der Waals surface area (Å²) in [5.74, 6) is 3.12. The summed E-state index contributed by atoms with van der Waals surface area (Å²) >= 11 is 0. The Morgan fingerprint density at radius 1 is 1.18 bits per heavy atom. The van der Waals surface area contributed by atoms with Crippen molar-refractivity contribution >= 4 is 8.07 Å². The molecule has 0 bridgehead atoms. The topological polar surface area (TPSA) is 23.8 Å². The lowest BCUT2D eigenvalue weighted by Gasteiger charge is -2.02. The standard InChI is InChI=1S/C9H15NSi/c1-11(2,3)9-7-5-4-6-8-10/h4-6H2,1-3H3. The van der Waals surface area contributed by atoms with E-state index in [4.69, 9.17) is 5.26 Å². The predicted molar refractivity (Wildman–Crippen MR) is 50.6 cm³/mol. The number of unbranched alkanes of at least 4 members (excludes halogenated alkanes) is 2. The van der Waals surface area contributed by atoms with E-state index in [1.54, 1.807) is 0 Å². The van der Waals surface area contributed by atoms with Crippen LogP contribution in [0.1, 0.15) is 19.3 Å². The Morgan fingerprint density at radius 2 is 1.82 bits per heavy atom. The maximum atomic E-state index is 8.24. The van der Waals surface area contributed by atoms with Gasteiger partial charge in [-0.2, -0.15) is 5.26 Å². The van der Waals surface area contributed by atoms with E-state index in [0.29, 0.717) is 6.42 Å². The molecule has 0 saturated carbocycles. The molecule has 0 atom stereocenters. The van der Waals surface area contributed by atoms with Gasteiger partial charge in [-0.1, -0.05) is 19.6 Å². The molecule has 0 aliphatic heterocycles. The van der Waals surface area contributed by atoms with Crippen LogP contribution in [0.3, 0.4) is 0 Å². The van der Waals surface area contributed by atoms with Gasteiger partial charge in [-0.05, 0) is 6.42 Å². The van der Waals surface area contributed by atoms with Gasteiger partial charge in [0.05, 0.1) is 6.07 Å². The molecule has 1 nitrogen and oxygen atoms in total. The molecule has 0 aliphatic rings. The Balaban J connectivity index is 3.51. The van der Waals surface area contributed by atoms with E-state index < -0.39 is 8.07 Å². The van der Waals surface area contributed by atoms with Gasteiger partial charge in [0, 0.05) is 12.8 Å². The smallest absolute Gasteiger partial charge is 0.129 e. The van der Waals surface area contributed by atoms with Gasteiger partial charge in [0.15, 0.2) is 0 Å². The van der Waals surface area contributed by atoms with Crippen molar-refractivity contribution in [3.63, 3.8) is 0 Å². The highest BCUT2D eigenvalue weighted by molar-refractivity contribution is 6.83. The molecule has 0 saturated heterocycles. The van der Waals surface area contributed by atoms with Crippen LogP contribution in [0.4, 0.5) is 0 Å². The van der Waals surface area contributed by atoms with Crippen LogP contribution in [0, 0.1) is 22.8 Å². The third-order valence-electron chi connectivity index (χ3n) is 1.05. The molecule has 2 heteroatoms. The minimum Gasteiger partial charge on any atom is -0.198 e. The number of hydrogen-bond donors (Lipinski definition) is 0. The summed E-state index contributed by atoms with van der Waals surface area (Å²) in [5, 5.41) is 8.24. The SMILES string of the molecule is C[Si](C)(C)C#CCCCC#N. The van der Waals surface area contributed by atoms with E-state index in [-0.39, 0.29) is 0 Å². The number of nitriles is 1. The van der Waals surface area contributed by atoms with E-state index >= 15 is 0 Å². The summed E-state index contributed by atoms with van der Waals surface area (Å²) in [4.78, 5) is 0. The average molecular weight is 165 g/mol. The van der Waals surface area contributed by atoms with E-state index in [9.17, 15) is 0 Å². The molecule has 0 amide bonds. The molecule has 0 radical (unpaired) electrons. The van der Waals surface area contributed by atoms with Crippen molar-refractivity contribution in [2.75, 3.05) is 0 Å². The van der Waals surface area contributed by atoms with Gasteiger partial charge in [-0.15, -0.1) is 11.5 Å². The molecule has 0 unspecified atom stereocenters. The molecule has 11 heavy (non-hydrogen) atoms. The van der Waals surface area contributed by atoms with E-state index in [0.717, 1.165) is 12.8 Å². The number of rotatable bonds is 2. The van der Waals surface area contributed by atoms with E-state index in [1.165, 1.54) is 0 Å². The summed E-state index contributed by atoms with van der Waals surface area (Å²) in [7, 11) is -1.16. The molecule has 0 heterocycles. The first-order valence-corrected chi connectivity index (χ1v) is 7.43. The highest BCUT2D eigenvalue weighted by Crippen LogP contribution is 1.98. The normalized spacial score (nSPS) is 9.64. The van der Waals surface area contributed by atoms with Gasteiger partial charge in [0.1, 0.15) is 8.07 Å². The van der Waals surface area contributed by atoms with Crippen LogP contribution in [0.15, 0.2) is 0 Å². The minimum atomic E-state index is -1.16. The lowest BCUT2D eigenvalue weighted by atomic mass is 10.3. The van der Waals surface area contributed by atoms with Gasteiger partial charge in [0.2, 0.25) is 0 Å². The van der Waals surface area contributed by atoms with Gasteiger partial charge in [0.25, 0.3) is 0 Å². The molecule has 0 aromatic rings. The van der Waals surface area contributed by atoms with Crippen molar-refractivity contribution in [1.29, 1.82) is 5.26 Å². The second kappa shape index (κ2) is 4.99. The van der Waals surface area contributed by atoms with Gasteiger partial charge < -0.3 is 0 Å². The first kappa shape index (κ1) is 10.3. The van der Waals surface area contributed by atoms with Gasteiger partial charge in [-0.3, -0.25) is 0 Å². The van der Waals surface area contributed by atoms with Crippen LogP contribution >= 0.6 is 0 Å². The molecular formula is C9H15NSi. The summed E-state index contributed by atoms with van der Waals surface area (Å²) in [6.07, 6.45) is 2.45. The Morgan fingerprint density at radius 3 is 2.27 bits per heavy atom. The summed E-state index contributed by atoms with van der Waals surface area (Å²) in [5.41, 5.74) is 3.26. The first-order valence-electron chi connectivity index (χ1n) is 3.93. The molecular weight excluding hydrogens is 150 g/mol. The van der Waals surface area contributed by atoms with Crippen molar-refractivity contribution in [3.8, 4) is 17.5 Å². The molecule has 0 aliphatic carbocycles. The second-order valence-electron chi connectivity index (χ2n) is 3.56. The van der Waals surface area contributed by atoms with Crippen LogP contribution in [0.5, 0.6) is 0 Å². The number of hydrogen-bond acceptors (Lipinski definition) is 1. The first-order chi connectivity index (χ1) is 5.06. The maximum Gasteiger partial charge on any atom is 0.129 e. The van der Waals surface area contributed by atoms with Crippen molar-refractivity contribution in [3.05, 3.63) is 0 Å². The van der Waals surface area contributed by atoms with Crippen molar-refractivity contribution in [2.45, 2.75) is 38.9 Å². The fourth-order valence-corrected chi connectivity index (χ4v) is 1.24. The monoisotopic (exact) mass is 165 g/mol. The zero-order valence-electron chi connectivity index (χ0n) is 7.57. The predicted octanol–water partition coefficient (Wildman–Crippen LogP) is 2.56. The molecule has 0 aromatic carbocycles. The van der Waals surface area contributed by atoms with Crippen molar-refractivity contribution in [1.82, 2.24) is 0 Å². The van der Waals surface area contributed by atoms with Crippen molar-refractivity contribution < 1.29 is 0 Å². The van der Waals surface area contributed by atoms with Crippen LogP contribution < -0.4 is 0 Å². The highest BCUT2D eigenvalue weighted by Gasteiger charge is 2.06. The zero-order chi connectivity index (χ0) is 8.74. The average Bonchev–Trinajstić information content (AvgIpc) is 1.85. The fourth-order valence-electron chi connectivity index (χ4n) is 0.583. The van der Waals surface area contributed by atoms with Crippen molar-refractivity contribution in [2.24, 2.45) is 0 Å². The third kappa shape index (κ3) is 9.27. The zero-order valence-corrected chi connectivity index (χ0v) is 8.57. The molecule has 60 valence electrons. The molecule has 0 fully saturated rings. The number of nitrogens with zero attached hydrogens (tertiary/aromatic N) is 1. The summed E-state index contributed by atoms with van der Waals surface area (Å²) < 4.78 is 0. The van der Waals surface area contributed by atoms with Crippen LogP contribution in [-0.4, -0.2) is 8.07 Å². The summed E-state index contributed by atoms with van der Waals surface area (Å²) in [6, 6.07) is 2.11. The molecule has 0 N–H and O–H groups in total. The fraction of sp³-hybridized carbons (Fsp3) is 0.667. The second-order valence-corrected chi connectivity index (χ2v) is 8.31. The summed E-state index contributed by atoms with van der Waals surface area (Å²) in [6.45, 7) is 6.68. The van der Waals surface area contributed by atoms with Crippen LogP contribution in [0.2, 0.25) is 19.6 Å². The lowest BCUT2D eigenvalue weighted by Crippen LogP contribution is -2.16. The largest absolute Gasteiger partial charge is 0.198 e. The van der Waals surface area contributed by atoms with Crippen LogP contribution in [-0.2, 0) is 0 Å².